The highest BCUT2D eigenvalue weighted by molar-refractivity contribution is 5.54. The third kappa shape index (κ3) is 3.04. The maximum atomic E-state index is 4.72. The molecule has 2 aromatic heterocycles. The van der Waals surface area contributed by atoms with Crippen LogP contribution in [0.4, 0.5) is 0 Å². The molecule has 0 unspecified atom stereocenters. The van der Waals surface area contributed by atoms with Crippen molar-refractivity contribution < 1.29 is 0 Å². The van der Waals surface area contributed by atoms with Crippen molar-refractivity contribution in [1.29, 1.82) is 0 Å². The van der Waals surface area contributed by atoms with Gasteiger partial charge in [-0.25, -0.2) is 9.97 Å². The maximum Gasteiger partial charge on any atom is 0.126 e. The second-order valence-corrected chi connectivity index (χ2v) is 6.49. The van der Waals surface area contributed by atoms with Crippen molar-refractivity contribution in [2.45, 2.75) is 45.6 Å². The fraction of sp³-hybridized carbons (Fsp3) is 0.588. The van der Waals surface area contributed by atoms with E-state index in [0.29, 0.717) is 12.0 Å². The average Bonchev–Trinajstić information content (AvgIpc) is 2.93. The van der Waals surface area contributed by atoms with Crippen LogP contribution < -0.4 is 0 Å². The molecule has 118 valence electrons. The molecule has 1 fully saturated rings. The molecular formula is C17H25N5. The fourth-order valence-electron chi connectivity index (χ4n) is 3.27. The zero-order chi connectivity index (χ0) is 15.7. The summed E-state index contributed by atoms with van der Waals surface area (Å²) in [5, 5.41) is 4.25. The maximum absolute atomic E-state index is 4.72. The Hall–Kier alpha value is -1.75. The van der Waals surface area contributed by atoms with Crippen molar-refractivity contribution >= 4 is 0 Å². The van der Waals surface area contributed by atoms with Crippen molar-refractivity contribution in [3.63, 3.8) is 0 Å². The number of aromatic nitrogens is 4. The Labute approximate surface area is 132 Å². The molecule has 0 saturated carbocycles. The van der Waals surface area contributed by atoms with E-state index in [-0.39, 0.29) is 0 Å². The molecule has 0 N–H and O–H groups in total. The summed E-state index contributed by atoms with van der Waals surface area (Å²) in [5.74, 6) is 1.35. The van der Waals surface area contributed by atoms with Crippen molar-refractivity contribution in [2.75, 3.05) is 13.1 Å². The first-order chi connectivity index (χ1) is 10.5. The normalized spacial score (nSPS) is 19.8. The Morgan fingerprint density at radius 2 is 2.09 bits per heavy atom. The van der Waals surface area contributed by atoms with Gasteiger partial charge in [0.1, 0.15) is 5.82 Å². The fourth-order valence-corrected chi connectivity index (χ4v) is 3.27. The largest absolute Gasteiger partial charge is 0.300 e. The van der Waals surface area contributed by atoms with E-state index in [9.17, 15) is 0 Å². The van der Waals surface area contributed by atoms with Crippen molar-refractivity contribution in [2.24, 2.45) is 7.05 Å². The van der Waals surface area contributed by atoms with Gasteiger partial charge in [-0.2, -0.15) is 5.10 Å². The van der Waals surface area contributed by atoms with E-state index >= 15 is 0 Å². The molecule has 3 heterocycles. The smallest absolute Gasteiger partial charge is 0.126 e. The lowest BCUT2D eigenvalue weighted by Gasteiger charge is -2.35. The summed E-state index contributed by atoms with van der Waals surface area (Å²) >= 11 is 0. The molecule has 5 heteroatoms. The molecule has 0 aromatic carbocycles. The minimum atomic E-state index is 0.504. The van der Waals surface area contributed by atoms with Gasteiger partial charge in [0.05, 0.1) is 11.4 Å². The quantitative estimate of drug-likeness (QED) is 0.874. The van der Waals surface area contributed by atoms with Gasteiger partial charge in [-0.05, 0) is 52.3 Å². The van der Waals surface area contributed by atoms with Gasteiger partial charge < -0.3 is 4.90 Å². The highest BCUT2D eigenvalue weighted by Gasteiger charge is 2.24. The van der Waals surface area contributed by atoms with Crippen LogP contribution in [0.15, 0.2) is 18.3 Å². The SMILES string of the molecule is Cc1nc(-c2ccnn2C)cc([C@H]2CCCN(C(C)C)C2)n1. The number of nitrogens with zero attached hydrogens (tertiary/aromatic N) is 5. The third-order valence-electron chi connectivity index (χ3n) is 4.54. The minimum absolute atomic E-state index is 0.504. The molecule has 1 aliphatic rings. The summed E-state index contributed by atoms with van der Waals surface area (Å²) in [6, 6.07) is 4.76. The summed E-state index contributed by atoms with van der Waals surface area (Å²) in [6.07, 6.45) is 4.27. The molecule has 0 spiro atoms. The number of aryl methyl sites for hydroxylation is 2. The number of hydrogen-bond acceptors (Lipinski definition) is 4. The zero-order valence-corrected chi connectivity index (χ0v) is 14.0. The number of piperidine rings is 1. The van der Waals surface area contributed by atoms with E-state index in [2.05, 4.69) is 34.9 Å². The van der Waals surface area contributed by atoms with Crippen LogP contribution in [-0.4, -0.2) is 43.8 Å². The first-order valence-electron chi connectivity index (χ1n) is 8.12. The predicted molar refractivity (Wildman–Crippen MR) is 87.7 cm³/mol. The van der Waals surface area contributed by atoms with E-state index in [1.807, 2.05) is 30.9 Å². The van der Waals surface area contributed by atoms with Crippen LogP contribution in [0.1, 0.15) is 44.1 Å². The van der Waals surface area contributed by atoms with Crippen LogP contribution in [-0.2, 0) is 7.05 Å². The molecule has 0 aliphatic carbocycles. The zero-order valence-electron chi connectivity index (χ0n) is 14.0. The Morgan fingerprint density at radius 3 is 2.77 bits per heavy atom. The van der Waals surface area contributed by atoms with E-state index in [0.717, 1.165) is 23.8 Å². The van der Waals surface area contributed by atoms with Gasteiger partial charge in [-0.1, -0.05) is 0 Å². The number of rotatable bonds is 3. The molecule has 22 heavy (non-hydrogen) atoms. The first kappa shape index (κ1) is 15.2. The van der Waals surface area contributed by atoms with Gasteiger partial charge in [0, 0.05) is 37.4 Å². The average molecular weight is 299 g/mol. The van der Waals surface area contributed by atoms with Crippen LogP contribution in [0.5, 0.6) is 0 Å². The summed E-state index contributed by atoms with van der Waals surface area (Å²) < 4.78 is 1.87. The molecule has 1 saturated heterocycles. The van der Waals surface area contributed by atoms with Gasteiger partial charge in [0.2, 0.25) is 0 Å². The van der Waals surface area contributed by atoms with Gasteiger partial charge in [-0.3, -0.25) is 4.68 Å². The number of hydrogen-bond donors (Lipinski definition) is 0. The van der Waals surface area contributed by atoms with Crippen molar-refractivity contribution in [1.82, 2.24) is 24.6 Å². The molecule has 5 nitrogen and oxygen atoms in total. The molecule has 0 bridgehead atoms. The third-order valence-corrected chi connectivity index (χ3v) is 4.54. The van der Waals surface area contributed by atoms with Gasteiger partial charge in [-0.15, -0.1) is 0 Å². The van der Waals surface area contributed by atoms with E-state index in [1.54, 1.807) is 0 Å². The van der Waals surface area contributed by atoms with Gasteiger partial charge in [0.15, 0.2) is 0 Å². The second kappa shape index (κ2) is 6.16. The Balaban J connectivity index is 1.91. The molecule has 3 rings (SSSR count). The minimum Gasteiger partial charge on any atom is -0.300 e. The predicted octanol–water partition coefficient (Wildman–Crippen LogP) is 2.77. The standard InChI is InChI=1S/C17H25N5/c1-12(2)22-9-5-6-14(11-22)15-10-16(20-13(3)19-15)17-7-8-18-21(17)4/h7-8,10,12,14H,5-6,9,11H2,1-4H3/t14-/m0/s1. The van der Waals surface area contributed by atoms with Crippen LogP contribution in [0, 0.1) is 6.92 Å². The highest BCUT2D eigenvalue weighted by Crippen LogP contribution is 2.28. The van der Waals surface area contributed by atoms with Crippen LogP contribution in [0.2, 0.25) is 0 Å². The Morgan fingerprint density at radius 1 is 1.27 bits per heavy atom. The molecule has 1 aliphatic heterocycles. The van der Waals surface area contributed by atoms with Crippen LogP contribution in [0.25, 0.3) is 11.4 Å². The molecule has 2 aromatic rings. The van der Waals surface area contributed by atoms with Gasteiger partial charge >= 0.3 is 0 Å². The molecule has 0 radical (unpaired) electrons. The first-order valence-corrected chi connectivity index (χ1v) is 8.12. The second-order valence-electron chi connectivity index (χ2n) is 6.49. The molecular weight excluding hydrogens is 274 g/mol. The lowest BCUT2D eigenvalue weighted by atomic mass is 9.93. The van der Waals surface area contributed by atoms with E-state index < -0.39 is 0 Å². The lowest BCUT2D eigenvalue weighted by molar-refractivity contribution is 0.166. The highest BCUT2D eigenvalue weighted by atomic mass is 15.3. The molecule has 1 atom stereocenters. The van der Waals surface area contributed by atoms with Crippen LogP contribution >= 0.6 is 0 Å². The summed E-state index contributed by atoms with van der Waals surface area (Å²) in [6.45, 7) is 8.82. The monoisotopic (exact) mass is 299 g/mol. The summed E-state index contributed by atoms with van der Waals surface area (Å²) in [4.78, 5) is 11.9. The van der Waals surface area contributed by atoms with E-state index in [1.165, 1.54) is 25.1 Å². The topological polar surface area (TPSA) is 46.8 Å². The number of likely N-dealkylation sites (tertiary alicyclic amines) is 1. The summed E-state index contributed by atoms with van der Waals surface area (Å²) in [7, 11) is 1.95. The van der Waals surface area contributed by atoms with E-state index in [4.69, 9.17) is 4.98 Å². The van der Waals surface area contributed by atoms with Gasteiger partial charge in [0.25, 0.3) is 0 Å². The lowest BCUT2D eigenvalue weighted by Crippen LogP contribution is -2.39. The van der Waals surface area contributed by atoms with Crippen molar-refractivity contribution in [3.8, 4) is 11.4 Å². The Bertz CT molecular complexity index is 646. The summed E-state index contributed by atoms with van der Waals surface area (Å²) in [5.41, 5.74) is 3.20. The van der Waals surface area contributed by atoms with Crippen LogP contribution in [0.3, 0.4) is 0 Å². The Kier molecular flexibility index (Phi) is 4.25. The van der Waals surface area contributed by atoms with Crippen molar-refractivity contribution in [3.05, 3.63) is 29.8 Å². The molecule has 0 amide bonds.